The minimum atomic E-state index is -0.217. The molecule has 0 saturated carbocycles. The maximum absolute atomic E-state index is 12.3. The molecule has 22 heavy (non-hydrogen) atoms. The Morgan fingerprint density at radius 2 is 2.09 bits per heavy atom. The molecule has 0 fully saturated rings. The van der Waals surface area contributed by atoms with Crippen LogP contribution in [0.25, 0.3) is 5.69 Å². The summed E-state index contributed by atoms with van der Waals surface area (Å²) in [6.45, 7) is 0.402. The smallest absolute Gasteiger partial charge is 0.297 e. The summed E-state index contributed by atoms with van der Waals surface area (Å²) in [5.74, 6) is 1.28. The van der Waals surface area contributed by atoms with E-state index in [-0.39, 0.29) is 5.56 Å². The number of hydrogen-bond acceptors (Lipinski definition) is 4. The quantitative estimate of drug-likeness (QED) is 0.736. The van der Waals surface area contributed by atoms with Crippen molar-refractivity contribution in [3.63, 3.8) is 0 Å². The number of aromatic amines is 1. The van der Waals surface area contributed by atoms with Crippen molar-refractivity contribution in [1.29, 1.82) is 0 Å². The van der Waals surface area contributed by atoms with E-state index < -0.39 is 0 Å². The number of aliphatic imine (C=N–C) groups is 1. The van der Waals surface area contributed by atoms with Gasteiger partial charge in [0.05, 0.1) is 11.9 Å². The highest BCUT2D eigenvalue weighted by molar-refractivity contribution is 5.78. The number of para-hydroxylation sites is 1. The van der Waals surface area contributed by atoms with E-state index in [9.17, 15) is 4.79 Å². The van der Waals surface area contributed by atoms with E-state index in [1.54, 1.807) is 19.4 Å². The Bertz CT molecular complexity index is 828. The highest BCUT2D eigenvalue weighted by Gasteiger charge is 2.06. The van der Waals surface area contributed by atoms with Gasteiger partial charge in [-0.05, 0) is 24.3 Å². The van der Waals surface area contributed by atoms with Gasteiger partial charge in [-0.25, -0.2) is 9.67 Å². The molecule has 0 spiro atoms. The summed E-state index contributed by atoms with van der Waals surface area (Å²) in [5.41, 5.74) is 0.856. The van der Waals surface area contributed by atoms with E-state index in [1.807, 2.05) is 36.4 Å². The fraction of sp³-hybridized carbons (Fsp3) is 0.125. The largest absolute Gasteiger partial charge is 0.458 e. The maximum atomic E-state index is 12.3. The highest BCUT2D eigenvalue weighted by Crippen LogP contribution is 2.10. The van der Waals surface area contributed by atoms with Crippen molar-refractivity contribution >= 4 is 11.9 Å². The molecule has 0 aliphatic rings. The Morgan fingerprint density at radius 1 is 1.27 bits per heavy atom. The zero-order chi connectivity index (χ0) is 15.4. The third-order valence-corrected chi connectivity index (χ3v) is 3.07. The Hall–Kier alpha value is -2.86. The molecular weight excluding hydrogens is 282 g/mol. The molecule has 112 valence electrons. The van der Waals surface area contributed by atoms with Crippen LogP contribution in [-0.4, -0.2) is 23.1 Å². The van der Waals surface area contributed by atoms with Gasteiger partial charge in [0.2, 0.25) is 0 Å². The van der Waals surface area contributed by atoms with Gasteiger partial charge in [0.15, 0.2) is 0 Å². The first kappa shape index (κ1) is 14.1. The number of benzene rings is 1. The Kier molecular flexibility index (Phi) is 4.02. The molecule has 0 amide bonds. The summed E-state index contributed by atoms with van der Waals surface area (Å²) in [4.78, 5) is 16.4. The average molecular weight is 297 g/mol. The van der Waals surface area contributed by atoms with E-state index in [0.717, 1.165) is 5.69 Å². The molecule has 3 aromatic rings. The van der Waals surface area contributed by atoms with Gasteiger partial charge in [-0.2, -0.15) is 0 Å². The summed E-state index contributed by atoms with van der Waals surface area (Å²) in [5, 5.41) is 2.89. The predicted molar refractivity (Wildman–Crippen MR) is 83.1 cm³/mol. The second-order valence-electron chi connectivity index (χ2n) is 4.63. The van der Waals surface area contributed by atoms with Gasteiger partial charge in [0.1, 0.15) is 23.8 Å². The van der Waals surface area contributed by atoms with Gasteiger partial charge >= 0.3 is 0 Å². The fourth-order valence-corrected chi connectivity index (χ4v) is 2.04. The number of furan rings is 1. The Morgan fingerprint density at radius 3 is 2.86 bits per heavy atom. The van der Waals surface area contributed by atoms with Crippen LogP contribution in [-0.2, 0) is 11.3 Å². The van der Waals surface area contributed by atoms with Crippen LogP contribution in [0.4, 0.5) is 5.69 Å². The van der Waals surface area contributed by atoms with Crippen LogP contribution in [0.5, 0.6) is 0 Å². The highest BCUT2D eigenvalue weighted by atomic mass is 16.5. The normalized spacial score (nSPS) is 11.3. The Labute approximate surface area is 126 Å². The predicted octanol–water partition coefficient (Wildman–Crippen LogP) is 2.66. The molecule has 0 atom stereocenters. The molecule has 6 nitrogen and oxygen atoms in total. The van der Waals surface area contributed by atoms with E-state index in [1.165, 1.54) is 10.9 Å². The second-order valence-corrected chi connectivity index (χ2v) is 4.63. The molecule has 1 N–H and O–H groups in total. The van der Waals surface area contributed by atoms with Crippen molar-refractivity contribution in [2.45, 2.75) is 6.61 Å². The first-order chi connectivity index (χ1) is 10.8. The lowest BCUT2D eigenvalue weighted by molar-refractivity contribution is 0.164. The minimum absolute atomic E-state index is 0.217. The van der Waals surface area contributed by atoms with Crippen molar-refractivity contribution in [2.24, 2.45) is 4.99 Å². The van der Waals surface area contributed by atoms with Gasteiger partial charge in [0.25, 0.3) is 5.56 Å². The molecule has 2 aromatic heterocycles. The van der Waals surface area contributed by atoms with E-state index in [2.05, 4.69) is 10.1 Å². The maximum Gasteiger partial charge on any atom is 0.297 e. The van der Waals surface area contributed by atoms with Crippen molar-refractivity contribution in [3.8, 4) is 5.69 Å². The van der Waals surface area contributed by atoms with Gasteiger partial charge < -0.3 is 9.15 Å². The van der Waals surface area contributed by atoms with E-state index >= 15 is 0 Å². The summed E-state index contributed by atoms with van der Waals surface area (Å²) < 4.78 is 11.9. The summed E-state index contributed by atoms with van der Waals surface area (Å²) in [6.07, 6.45) is 3.07. The minimum Gasteiger partial charge on any atom is -0.458 e. The van der Waals surface area contributed by atoms with Gasteiger partial charge in [-0.15, -0.1) is 0 Å². The van der Waals surface area contributed by atoms with Crippen LogP contribution in [0.15, 0.2) is 62.9 Å². The molecule has 0 unspecified atom stereocenters. The molecular formula is C16H15N3O3. The molecule has 0 aliphatic carbocycles. The third kappa shape index (κ3) is 2.91. The van der Waals surface area contributed by atoms with Crippen LogP contribution in [0.3, 0.4) is 0 Å². The second kappa shape index (κ2) is 6.28. The molecule has 1 aromatic carbocycles. The van der Waals surface area contributed by atoms with Crippen LogP contribution in [0.2, 0.25) is 0 Å². The molecule has 0 aliphatic heterocycles. The molecule has 2 heterocycles. The molecule has 6 heteroatoms. The van der Waals surface area contributed by atoms with Crippen molar-refractivity contribution < 1.29 is 9.15 Å². The molecule has 0 radical (unpaired) electrons. The summed E-state index contributed by atoms with van der Waals surface area (Å²) in [7, 11) is 1.60. The lowest BCUT2D eigenvalue weighted by atomic mass is 10.3. The van der Waals surface area contributed by atoms with E-state index in [0.29, 0.717) is 23.8 Å². The van der Waals surface area contributed by atoms with E-state index in [4.69, 9.17) is 9.15 Å². The number of ether oxygens (including phenoxy) is 1. The van der Waals surface area contributed by atoms with Gasteiger partial charge in [-0.3, -0.25) is 9.89 Å². The summed E-state index contributed by atoms with van der Waals surface area (Å²) >= 11 is 0. The van der Waals surface area contributed by atoms with Crippen molar-refractivity contribution in [2.75, 3.05) is 7.11 Å². The molecule has 0 bridgehead atoms. The zero-order valence-corrected chi connectivity index (χ0v) is 12.0. The van der Waals surface area contributed by atoms with Crippen LogP contribution in [0.1, 0.15) is 11.5 Å². The van der Waals surface area contributed by atoms with Gasteiger partial charge in [-0.1, -0.05) is 18.2 Å². The third-order valence-electron chi connectivity index (χ3n) is 3.07. The molecule has 0 saturated heterocycles. The topological polar surface area (TPSA) is 72.5 Å². The monoisotopic (exact) mass is 297 g/mol. The zero-order valence-electron chi connectivity index (χ0n) is 12.0. The van der Waals surface area contributed by atoms with Crippen LogP contribution < -0.4 is 5.56 Å². The van der Waals surface area contributed by atoms with Crippen LogP contribution >= 0.6 is 0 Å². The number of nitrogens with zero attached hydrogens (tertiary/aromatic N) is 2. The number of H-pyrrole nitrogens is 1. The standard InChI is InChI=1S/C16H15N3O3/c1-21-11-14-8-7-13(22-14)9-17-15-10-18-19(16(15)20)12-5-3-2-4-6-12/h2-10,18H,11H2,1H3. The van der Waals surface area contributed by atoms with Crippen molar-refractivity contribution in [3.05, 3.63) is 70.5 Å². The number of methoxy groups -OCH3 is 1. The first-order valence-electron chi connectivity index (χ1n) is 6.75. The lowest BCUT2D eigenvalue weighted by Crippen LogP contribution is -2.13. The number of nitrogens with one attached hydrogen (secondary N) is 1. The average Bonchev–Trinajstić information content (AvgIpc) is 3.13. The van der Waals surface area contributed by atoms with Crippen molar-refractivity contribution in [1.82, 2.24) is 9.78 Å². The molecule has 3 rings (SSSR count). The Balaban J connectivity index is 1.82. The summed E-state index contributed by atoms with van der Waals surface area (Å²) in [6, 6.07) is 12.9. The first-order valence-corrected chi connectivity index (χ1v) is 6.75. The van der Waals surface area contributed by atoms with Gasteiger partial charge in [0, 0.05) is 13.3 Å². The number of hydrogen-bond donors (Lipinski definition) is 1. The number of rotatable bonds is 5. The fourth-order valence-electron chi connectivity index (χ4n) is 2.04. The van der Waals surface area contributed by atoms with Crippen LogP contribution in [0, 0.1) is 0 Å². The number of aromatic nitrogens is 2. The SMILES string of the molecule is COCc1ccc(C=Nc2c[nH]n(-c3ccccc3)c2=O)o1. The lowest BCUT2D eigenvalue weighted by Gasteiger charge is -1.98.